The molecule has 162 valence electrons. The number of aromatic nitrogens is 3. The minimum atomic E-state index is -0.326. The summed E-state index contributed by atoms with van der Waals surface area (Å²) in [4.78, 5) is 20.4. The molecule has 0 atom stereocenters. The number of nitrogens with zero attached hydrogens (tertiary/aromatic N) is 4. The number of carbonyl (C=O) groups is 1. The van der Waals surface area contributed by atoms with Gasteiger partial charge in [0.2, 0.25) is 11.9 Å². The molecule has 2 heterocycles. The van der Waals surface area contributed by atoms with E-state index >= 15 is 0 Å². The van der Waals surface area contributed by atoms with E-state index in [9.17, 15) is 4.79 Å². The van der Waals surface area contributed by atoms with Gasteiger partial charge in [0.05, 0.1) is 0 Å². The van der Waals surface area contributed by atoms with E-state index in [-0.39, 0.29) is 17.8 Å². The van der Waals surface area contributed by atoms with Crippen LogP contribution in [-0.4, -0.2) is 58.1 Å². The molecule has 0 bridgehead atoms. The smallest absolute Gasteiger partial charge is 0.281 e. The van der Waals surface area contributed by atoms with Crippen molar-refractivity contribution in [3.63, 3.8) is 0 Å². The van der Waals surface area contributed by atoms with Gasteiger partial charge in [-0.25, -0.2) is 0 Å². The second-order valence-electron chi connectivity index (χ2n) is 7.29. The number of rotatable bonds is 8. The second-order valence-corrected chi connectivity index (χ2v) is 8.17. The first-order chi connectivity index (χ1) is 15.1. The van der Waals surface area contributed by atoms with Gasteiger partial charge in [0.15, 0.2) is 0 Å². The molecular formula is C22H26N6O2S. The standard InChI is InChI=1S/C22H26N6O2S/c1-31-19-10-4-16(5-11-19)20(29)28-21(23)25-22(26-28)24-17-6-8-18(9-7-17)30-15-14-27-12-2-3-13-27/h4-11H,2-3,12-15H2,1H3,(H3,23,24,25,26). The normalized spacial score (nSPS) is 14.0. The van der Waals surface area contributed by atoms with E-state index in [1.807, 2.05) is 42.7 Å². The predicted molar refractivity (Wildman–Crippen MR) is 123 cm³/mol. The molecular weight excluding hydrogens is 412 g/mol. The van der Waals surface area contributed by atoms with Crippen LogP contribution in [0.15, 0.2) is 53.4 Å². The molecule has 0 spiro atoms. The Balaban J connectivity index is 1.35. The summed E-state index contributed by atoms with van der Waals surface area (Å²) in [5, 5.41) is 7.29. The lowest BCUT2D eigenvalue weighted by Gasteiger charge is -2.15. The maximum absolute atomic E-state index is 12.7. The van der Waals surface area contributed by atoms with Gasteiger partial charge in [-0.3, -0.25) is 9.69 Å². The highest BCUT2D eigenvalue weighted by Gasteiger charge is 2.16. The van der Waals surface area contributed by atoms with Crippen LogP contribution in [0.1, 0.15) is 23.2 Å². The van der Waals surface area contributed by atoms with E-state index in [0.717, 1.165) is 27.6 Å². The number of thioether (sulfide) groups is 1. The summed E-state index contributed by atoms with van der Waals surface area (Å²) in [6.07, 6.45) is 4.55. The third kappa shape index (κ3) is 5.36. The molecule has 1 fully saturated rings. The Morgan fingerprint density at radius 2 is 1.84 bits per heavy atom. The molecule has 1 saturated heterocycles. The van der Waals surface area contributed by atoms with Gasteiger partial charge < -0.3 is 15.8 Å². The van der Waals surface area contributed by atoms with Crippen LogP contribution in [0, 0.1) is 0 Å². The van der Waals surface area contributed by atoms with Crippen LogP contribution in [-0.2, 0) is 0 Å². The molecule has 2 aromatic carbocycles. The fourth-order valence-electron chi connectivity index (χ4n) is 3.44. The molecule has 0 unspecified atom stereocenters. The molecule has 0 saturated carbocycles. The molecule has 1 aliphatic heterocycles. The molecule has 1 aromatic heterocycles. The summed E-state index contributed by atoms with van der Waals surface area (Å²) in [5.41, 5.74) is 7.20. The van der Waals surface area contributed by atoms with E-state index in [2.05, 4.69) is 20.3 Å². The van der Waals surface area contributed by atoms with Crippen molar-refractivity contribution in [1.82, 2.24) is 19.7 Å². The van der Waals surface area contributed by atoms with E-state index in [0.29, 0.717) is 12.2 Å². The quantitative estimate of drug-likeness (QED) is 0.516. The number of anilines is 3. The van der Waals surface area contributed by atoms with Gasteiger partial charge in [0.1, 0.15) is 12.4 Å². The molecule has 3 aromatic rings. The Bertz CT molecular complexity index is 1010. The predicted octanol–water partition coefficient (Wildman–Crippen LogP) is 3.49. The van der Waals surface area contributed by atoms with E-state index in [1.165, 1.54) is 25.9 Å². The van der Waals surface area contributed by atoms with Gasteiger partial charge >= 0.3 is 0 Å². The maximum Gasteiger partial charge on any atom is 0.281 e. The average Bonchev–Trinajstić information content (AvgIpc) is 3.44. The van der Waals surface area contributed by atoms with Crippen molar-refractivity contribution < 1.29 is 9.53 Å². The first kappa shape index (κ1) is 21.2. The van der Waals surface area contributed by atoms with Gasteiger partial charge in [0.25, 0.3) is 5.91 Å². The fraction of sp³-hybridized carbons (Fsp3) is 0.318. The van der Waals surface area contributed by atoms with Crippen LogP contribution in [0.5, 0.6) is 5.75 Å². The lowest BCUT2D eigenvalue weighted by molar-refractivity contribution is 0.0948. The first-order valence-electron chi connectivity index (χ1n) is 10.3. The Morgan fingerprint density at radius 1 is 1.13 bits per heavy atom. The number of nitrogen functional groups attached to an aromatic ring is 1. The minimum absolute atomic E-state index is 0.0308. The summed E-state index contributed by atoms with van der Waals surface area (Å²) < 4.78 is 6.93. The molecule has 4 rings (SSSR count). The number of likely N-dealkylation sites (tertiary alicyclic amines) is 1. The van der Waals surface area contributed by atoms with Crippen LogP contribution in [0.25, 0.3) is 0 Å². The molecule has 31 heavy (non-hydrogen) atoms. The molecule has 0 aliphatic carbocycles. The molecule has 3 N–H and O–H groups in total. The number of hydrogen-bond donors (Lipinski definition) is 2. The molecule has 0 amide bonds. The molecule has 0 radical (unpaired) electrons. The number of hydrogen-bond acceptors (Lipinski definition) is 8. The van der Waals surface area contributed by atoms with E-state index < -0.39 is 0 Å². The number of nitrogens with two attached hydrogens (primary N) is 1. The van der Waals surface area contributed by atoms with Gasteiger partial charge in [-0.15, -0.1) is 16.9 Å². The number of carbonyl (C=O) groups excluding carboxylic acids is 1. The zero-order valence-corrected chi connectivity index (χ0v) is 18.3. The highest BCUT2D eigenvalue weighted by Crippen LogP contribution is 2.20. The van der Waals surface area contributed by atoms with Gasteiger partial charge in [-0.2, -0.15) is 9.67 Å². The van der Waals surface area contributed by atoms with Crippen LogP contribution >= 0.6 is 11.8 Å². The fourth-order valence-corrected chi connectivity index (χ4v) is 3.85. The highest BCUT2D eigenvalue weighted by atomic mass is 32.2. The summed E-state index contributed by atoms with van der Waals surface area (Å²) in [7, 11) is 0. The Kier molecular flexibility index (Phi) is 6.73. The Labute approximate surface area is 185 Å². The highest BCUT2D eigenvalue weighted by molar-refractivity contribution is 7.98. The topological polar surface area (TPSA) is 98.3 Å². The van der Waals surface area contributed by atoms with Crippen LogP contribution in [0.2, 0.25) is 0 Å². The van der Waals surface area contributed by atoms with Crippen LogP contribution < -0.4 is 15.8 Å². The zero-order valence-electron chi connectivity index (χ0n) is 17.5. The maximum atomic E-state index is 12.7. The van der Waals surface area contributed by atoms with Crippen molar-refractivity contribution >= 4 is 35.3 Å². The molecule has 8 nitrogen and oxygen atoms in total. The summed E-state index contributed by atoms with van der Waals surface area (Å²) >= 11 is 1.61. The number of benzene rings is 2. The van der Waals surface area contributed by atoms with Crippen LogP contribution in [0.4, 0.5) is 17.6 Å². The third-order valence-electron chi connectivity index (χ3n) is 5.15. The van der Waals surface area contributed by atoms with E-state index in [4.69, 9.17) is 10.5 Å². The Morgan fingerprint density at radius 3 is 2.52 bits per heavy atom. The summed E-state index contributed by atoms with van der Waals surface area (Å²) in [6.45, 7) is 3.96. The largest absolute Gasteiger partial charge is 0.492 e. The molecule has 1 aliphatic rings. The van der Waals surface area contributed by atoms with Crippen molar-refractivity contribution in [3.05, 3.63) is 54.1 Å². The van der Waals surface area contributed by atoms with Gasteiger partial charge in [0, 0.05) is 22.7 Å². The van der Waals surface area contributed by atoms with Crippen molar-refractivity contribution in [1.29, 1.82) is 0 Å². The zero-order chi connectivity index (χ0) is 21.6. The number of ether oxygens (including phenoxy) is 1. The van der Waals surface area contributed by atoms with E-state index in [1.54, 1.807) is 23.9 Å². The van der Waals surface area contributed by atoms with Crippen molar-refractivity contribution in [2.45, 2.75) is 17.7 Å². The van der Waals surface area contributed by atoms with Crippen molar-refractivity contribution in [2.24, 2.45) is 0 Å². The first-order valence-corrected chi connectivity index (χ1v) is 11.5. The molecule has 9 heteroatoms. The lowest BCUT2D eigenvalue weighted by atomic mass is 10.2. The lowest BCUT2D eigenvalue weighted by Crippen LogP contribution is -2.25. The summed E-state index contributed by atoms with van der Waals surface area (Å²) in [5.74, 6) is 0.775. The summed E-state index contributed by atoms with van der Waals surface area (Å²) in [6, 6.07) is 14.8. The second kappa shape index (κ2) is 9.84. The SMILES string of the molecule is CSc1ccc(C(=O)n2nc(Nc3ccc(OCCN4CCCC4)cc3)nc2N)cc1. The third-order valence-corrected chi connectivity index (χ3v) is 5.89. The van der Waals surface area contributed by atoms with Crippen LogP contribution in [0.3, 0.4) is 0 Å². The minimum Gasteiger partial charge on any atom is -0.492 e. The van der Waals surface area contributed by atoms with Crippen molar-refractivity contribution in [2.75, 3.05) is 43.5 Å². The Hall–Kier alpha value is -3.04. The van der Waals surface area contributed by atoms with Gasteiger partial charge in [-0.05, 0) is 80.7 Å². The monoisotopic (exact) mass is 438 g/mol. The van der Waals surface area contributed by atoms with Crippen molar-refractivity contribution in [3.8, 4) is 5.75 Å². The average molecular weight is 439 g/mol. The van der Waals surface area contributed by atoms with Gasteiger partial charge in [-0.1, -0.05) is 0 Å². The number of nitrogens with one attached hydrogen (secondary N) is 1.